The van der Waals surface area contributed by atoms with Gasteiger partial charge < -0.3 is 5.73 Å². The minimum Gasteiger partial charge on any atom is -0.375 e. The van der Waals surface area contributed by atoms with E-state index < -0.39 is 10.0 Å². The largest absolute Gasteiger partial charge is 0.375 e. The SMILES string of the molecule is Cc1ccc(S(=O)(=O)N2CCN(Cc3cnc(N)s3)CC2)cc1. The fraction of sp³-hybridized carbons (Fsp3) is 0.400. The lowest BCUT2D eigenvalue weighted by molar-refractivity contribution is 0.183. The van der Waals surface area contributed by atoms with Crippen LogP contribution >= 0.6 is 11.3 Å². The number of sulfonamides is 1. The lowest BCUT2D eigenvalue weighted by Gasteiger charge is -2.33. The Balaban J connectivity index is 1.62. The van der Waals surface area contributed by atoms with E-state index in [2.05, 4.69) is 9.88 Å². The van der Waals surface area contributed by atoms with Crippen LogP contribution in [0.3, 0.4) is 0 Å². The maximum atomic E-state index is 12.6. The third kappa shape index (κ3) is 3.72. The zero-order valence-electron chi connectivity index (χ0n) is 13.0. The molecule has 1 aliphatic rings. The molecule has 0 unspecified atom stereocenters. The highest BCUT2D eigenvalue weighted by Crippen LogP contribution is 2.21. The molecule has 0 aliphatic carbocycles. The van der Waals surface area contributed by atoms with Crippen LogP contribution in [0, 0.1) is 6.92 Å². The van der Waals surface area contributed by atoms with Crippen LogP contribution < -0.4 is 5.73 Å². The average Bonchev–Trinajstić information content (AvgIpc) is 2.93. The van der Waals surface area contributed by atoms with E-state index in [0.29, 0.717) is 36.2 Å². The molecule has 3 rings (SSSR count). The molecule has 0 radical (unpaired) electrons. The van der Waals surface area contributed by atoms with E-state index in [-0.39, 0.29) is 0 Å². The molecule has 1 aromatic carbocycles. The molecule has 1 fully saturated rings. The van der Waals surface area contributed by atoms with Crippen molar-refractivity contribution in [3.05, 3.63) is 40.9 Å². The lowest BCUT2D eigenvalue weighted by Crippen LogP contribution is -2.48. The molecule has 0 spiro atoms. The monoisotopic (exact) mass is 352 g/mol. The number of hydrogen-bond acceptors (Lipinski definition) is 6. The lowest BCUT2D eigenvalue weighted by atomic mass is 10.2. The van der Waals surface area contributed by atoms with Crippen molar-refractivity contribution < 1.29 is 8.42 Å². The third-order valence-corrected chi connectivity index (χ3v) is 6.67. The van der Waals surface area contributed by atoms with Gasteiger partial charge >= 0.3 is 0 Å². The average molecular weight is 352 g/mol. The number of nitrogens with zero attached hydrogens (tertiary/aromatic N) is 3. The van der Waals surface area contributed by atoms with Gasteiger partial charge in [0.15, 0.2) is 5.13 Å². The molecule has 1 saturated heterocycles. The van der Waals surface area contributed by atoms with E-state index in [4.69, 9.17) is 5.73 Å². The molecule has 2 aromatic rings. The van der Waals surface area contributed by atoms with E-state index in [1.165, 1.54) is 11.3 Å². The summed E-state index contributed by atoms with van der Waals surface area (Å²) in [6.07, 6.45) is 1.79. The van der Waals surface area contributed by atoms with Gasteiger partial charge in [-0.15, -0.1) is 11.3 Å². The van der Waals surface area contributed by atoms with Gasteiger partial charge in [0.25, 0.3) is 0 Å². The van der Waals surface area contributed by atoms with E-state index >= 15 is 0 Å². The number of rotatable bonds is 4. The van der Waals surface area contributed by atoms with Crippen molar-refractivity contribution in [3.63, 3.8) is 0 Å². The summed E-state index contributed by atoms with van der Waals surface area (Å²) >= 11 is 1.48. The molecule has 0 atom stereocenters. The highest BCUT2D eigenvalue weighted by atomic mass is 32.2. The van der Waals surface area contributed by atoms with Crippen LogP contribution in [-0.4, -0.2) is 48.8 Å². The van der Waals surface area contributed by atoms with Gasteiger partial charge in [-0.1, -0.05) is 17.7 Å². The topological polar surface area (TPSA) is 79.5 Å². The van der Waals surface area contributed by atoms with Crippen LogP contribution in [0.5, 0.6) is 0 Å². The number of hydrogen-bond donors (Lipinski definition) is 1. The van der Waals surface area contributed by atoms with Crippen molar-refractivity contribution in [1.29, 1.82) is 0 Å². The molecule has 0 saturated carbocycles. The van der Waals surface area contributed by atoms with E-state index in [1.54, 1.807) is 22.6 Å². The van der Waals surface area contributed by atoms with Crippen LogP contribution in [0.1, 0.15) is 10.4 Å². The number of thiazole rings is 1. The first-order valence-corrected chi connectivity index (χ1v) is 9.70. The fourth-order valence-corrected chi connectivity index (χ4v) is 4.75. The van der Waals surface area contributed by atoms with Crippen LogP contribution in [0.15, 0.2) is 35.4 Å². The normalized spacial score (nSPS) is 17.4. The van der Waals surface area contributed by atoms with Gasteiger partial charge in [0.2, 0.25) is 10.0 Å². The van der Waals surface area contributed by atoms with E-state index in [9.17, 15) is 8.42 Å². The van der Waals surface area contributed by atoms with Crippen LogP contribution in [0.2, 0.25) is 0 Å². The highest BCUT2D eigenvalue weighted by Gasteiger charge is 2.28. The first kappa shape index (κ1) is 16.4. The predicted octanol–water partition coefficient (Wildman–Crippen LogP) is 1.54. The Labute approximate surface area is 140 Å². The molecule has 124 valence electrons. The smallest absolute Gasteiger partial charge is 0.243 e. The van der Waals surface area contributed by atoms with E-state index in [0.717, 1.165) is 17.0 Å². The Kier molecular flexibility index (Phi) is 4.67. The summed E-state index contributed by atoms with van der Waals surface area (Å²) < 4.78 is 26.9. The van der Waals surface area contributed by atoms with Crippen LogP contribution in [-0.2, 0) is 16.6 Å². The molecule has 8 heteroatoms. The molecule has 1 aromatic heterocycles. The van der Waals surface area contributed by atoms with Gasteiger partial charge in [0.05, 0.1) is 4.90 Å². The molecule has 1 aliphatic heterocycles. The number of nitrogens with two attached hydrogens (primary N) is 1. The highest BCUT2D eigenvalue weighted by molar-refractivity contribution is 7.89. The van der Waals surface area contributed by atoms with Gasteiger partial charge in [-0.3, -0.25) is 4.90 Å². The summed E-state index contributed by atoms with van der Waals surface area (Å²) in [4.78, 5) is 7.75. The standard InChI is InChI=1S/C15H20N4O2S2/c1-12-2-4-14(5-3-12)23(20,21)19-8-6-18(7-9-19)11-13-10-17-15(16)22-13/h2-5,10H,6-9,11H2,1H3,(H2,16,17). The quantitative estimate of drug-likeness (QED) is 0.903. The number of aromatic nitrogens is 1. The fourth-order valence-electron chi connectivity index (χ4n) is 2.60. The number of anilines is 1. The van der Waals surface area contributed by atoms with E-state index in [1.807, 2.05) is 19.1 Å². The molecule has 0 bridgehead atoms. The Morgan fingerprint density at radius 2 is 1.83 bits per heavy atom. The van der Waals surface area contributed by atoms with Crippen molar-refractivity contribution in [2.45, 2.75) is 18.4 Å². The van der Waals surface area contributed by atoms with Crippen molar-refractivity contribution in [2.24, 2.45) is 0 Å². The first-order valence-electron chi connectivity index (χ1n) is 7.44. The van der Waals surface area contributed by atoms with Crippen molar-refractivity contribution in [1.82, 2.24) is 14.2 Å². The second kappa shape index (κ2) is 6.56. The summed E-state index contributed by atoms with van der Waals surface area (Å²) in [6, 6.07) is 7.02. The zero-order valence-corrected chi connectivity index (χ0v) is 14.6. The molecule has 2 N–H and O–H groups in total. The maximum absolute atomic E-state index is 12.6. The molecule has 23 heavy (non-hydrogen) atoms. The van der Waals surface area contributed by atoms with Crippen LogP contribution in [0.25, 0.3) is 0 Å². The molecular formula is C15H20N4O2S2. The maximum Gasteiger partial charge on any atom is 0.243 e. The predicted molar refractivity (Wildman–Crippen MR) is 91.7 cm³/mol. The Hall–Kier alpha value is -1.48. The van der Waals surface area contributed by atoms with Crippen molar-refractivity contribution in [3.8, 4) is 0 Å². The first-order chi connectivity index (χ1) is 10.9. The van der Waals surface area contributed by atoms with Crippen LogP contribution in [0.4, 0.5) is 5.13 Å². The number of benzene rings is 1. The Morgan fingerprint density at radius 3 is 2.39 bits per heavy atom. The van der Waals surface area contributed by atoms with Gasteiger partial charge in [0.1, 0.15) is 0 Å². The zero-order chi connectivity index (χ0) is 16.4. The number of nitrogen functional groups attached to an aromatic ring is 1. The minimum absolute atomic E-state index is 0.367. The second-order valence-electron chi connectivity index (χ2n) is 5.66. The summed E-state index contributed by atoms with van der Waals surface area (Å²) in [7, 11) is -3.39. The van der Waals surface area contributed by atoms with Gasteiger partial charge in [0, 0.05) is 43.8 Å². The number of piperazine rings is 1. The molecular weight excluding hydrogens is 332 g/mol. The van der Waals surface area contributed by atoms with Crippen molar-refractivity contribution in [2.75, 3.05) is 31.9 Å². The van der Waals surface area contributed by atoms with Gasteiger partial charge in [-0.05, 0) is 19.1 Å². The third-order valence-electron chi connectivity index (χ3n) is 3.94. The minimum atomic E-state index is -3.39. The van der Waals surface area contributed by atoms with Gasteiger partial charge in [-0.25, -0.2) is 13.4 Å². The summed E-state index contributed by atoms with van der Waals surface area (Å²) in [5, 5.41) is 0.570. The van der Waals surface area contributed by atoms with Gasteiger partial charge in [-0.2, -0.15) is 4.31 Å². The summed E-state index contributed by atoms with van der Waals surface area (Å²) in [5.74, 6) is 0. The summed E-state index contributed by atoms with van der Waals surface area (Å²) in [5.41, 5.74) is 6.69. The second-order valence-corrected chi connectivity index (χ2v) is 8.74. The molecule has 0 amide bonds. The Morgan fingerprint density at radius 1 is 1.17 bits per heavy atom. The molecule has 2 heterocycles. The summed E-state index contributed by atoms with van der Waals surface area (Å²) in [6.45, 7) is 5.15. The number of aryl methyl sites for hydroxylation is 1. The Bertz CT molecular complexity index is 763. The van der Waals surface area contributed by atoms with Crippen molar-refractivity contribution >= 4 is 26.5 Å². The molecule has 6 nitrogen and oxygen atoms in total.